The first kappa shape index (κ1) is 25.2. The maximum atomic E-state index is 13.4. The molecule has 7 nitrogen and oxygen atoms in total. The van der Waals surface area contributed by atoms with Crippen molar-refractivity contribution in [1.82, 2.24) is 10.2 Å². The summed E-state index contributed by atoms with van der Waals surface area (Å²) in [5.74, 6) is -0.428. The van der Waals surface area contributed by atoms with Crippen molar-refractivity contribution < 1.29 is 17.9 Å². The van der Waals surface area contributed by atoms with Crippen molar-refractivity contribution in [1.29, 1.82) is 0 Å². The Kier molecular flexibility index (Phi) is 8.41. The Morgan fingerprint density at radius 2 is 1.63 bits per heavy atom. The minimum atomic E-state index is -4.01. The lowest BCUT2D eigenvalue weighted by molar-refractivity contribution is -0.119. The number of para-hydroxylation sites is 1. The maximum absolute atomic E-state index is 13.4. The van der Waals surface area contributed by atoms with Crippen LogP contribution in [0.25, 0.3) is 0 Å². The van der Waals surface area contributed by atoms with Gasteiger partial charge in [0.2, 0.25) is 5.91 Å². The summed E-state index contributed by atoms with van der Waals surface area (Å²) >= 11 is 6.32. The minimum absolute atomic E-state index is 0.0866. The number of nitrogens with zero attached hydrogens (tertiary/aromatic N) is 2. The van der Waals surface area contributed by atoms with Crippen LogP contribution in [0.15, 0.2) is 83.8 Å². The monoisotopic (exact) mass is 513 g/mol. The Labute approximate surface area is 211 Å². The molecule has 0 unspecified atom stereocenters. The molecule has 1 aliphatic rings. The summed E-state index contributed by atoms with van der Waals surface area (Å²) in [7, 11) is -4.01. The van der Waals surface area contributed by atoms with E-state index in [1.54, 1.807) is 42.5 Å². The number of halogens is 1. The number of hydrogen-bond acceptors (Lipinski definition) is 5. The third kappa shape index (κ3) is 6.61. The van der Waals surface area contributed by atoms with Gasteiger partial charge in [-0.05, 0) is 35.4 Å². The lowest BCUT2D eigenvalue weighted by Gasteiger charge is -2.26. The Morgan fingerprint density at radius 3 is 2.37 bits per heavy atom. The quantitative estimate of drug-likeness (QED) is 0.472. The third-order valence-electron chi connectivity index (χ3n) is 5.73. The van der Waals surface area contributed by atoms with Gasteiger partial charge < -0.3 is 10.1 Å². The van der Waals surface area contributed by atoms with Crippen LogP contribution in [0.5, 0.6) is 0 Å². The van der Waals surface area contributed by atoms with E-state index in [0.29, 0.717) is 0 Å². The summed E-state index contributed by atoms with van der Waals surface area (Å²) in [6.45, 7) is 3.99. The molecule has 9 heteroatoms. The summed E-state index contributed by atoms with van der Waals surface area (Å²) < 4.78 is 33.3. The molecule has 0 aliphatic carbocycles. The van der Waals surface area contributed by atoms with Gasteiger partial charge in [-0.3, -0.25) is 14.0 Å². The van der Waals surface area contributed by atoms with Crippen molar-refractivity contribution in [3.05, 3.63) is 95.0 Å². The van der Waals surface area contributed by atoms with Gasteiger partial charge in [0.05, 0.1) is 28.8 Å². The Morgan fingerprint density at radius 1 is 0.943 bits per heavy atom. The van der Waals surface area contributed by atoms with E-state index in [9.17, 15) is 13.2 Å². The summed E-state index contributed by atoms with van der Waals surface area (Å²) in [6.07, 6.45) is 0. The summed E-state index contributed by atoms with van der Waals surface area (Å²) in [4.78, 5) is 15.3. The number of morpholine rings is 1. The van der Waals surface area contributed by atoms with Gasteiger partial charge in [0.1, 0.15) is 6.54 Å². The number of carbonyl (C=O) groups excluding carboxylic acids is 1. The molecule has 1 heterocycles. The lowest BCUT2D eigenvalue weighted by Crippen LogP contribution is -2.40. The molecule has 1 N–H and O–H groups in total. The molecular weight excluding hydrogens is 486 g/mol. The highest BCUT2D eigenvalue weighted by atomic mass is 35.5. The van der Waals surface area contributed by atoms with Crippen LogP contribution < -0.4 is 9.62 Å². The van der Waals surface area contributed by atoms with Gasteiger partial charge >= 0.3 is 0 Å². The van der Waals surface area contributed by atoms with Crippen LogP contribution in [-0.2, 0) is 32.6 Å². The van der Waals surface area contributed by atoms with Crippen molar-refractivity contribution in [3.8, 4) is 0 Å². The highest BCUT2D eigenvalue weighted by Crippen LogP contribution is 2.30. The average molecular weight is 514 g/mol. The fraction of sp³-hybridized carbons (Fsp3) is 0.269. The molecule has 0 spiro atoms. The van der Waals surface area contributed by atoms with E-state index in [-0.39, 0.29) is 22.2 Å². The van der Waals surface area contributed by atoms with Crippen molar-refractivity contribution in [2.45, 2.75) is 18.0 Å². The lowest BCUT2D eigenvalue weighted by atomic mass is 10.1. The number of hydrogen-bond donors (Lipinski definition) is 1. The van der Waals surface area contributed by atoms with E-state index in [0.717, 1.165) is 48.3 Å². The minimum Gasteiger partial charge on any atom is -0.379 e. The van der Waals surface area contributed by atoms with Crippen LogP contribution in [0.1, 0.15) is 11.1 Å². The van der Waals surface area contributed by atoms with E-state index in [1.807, 2.05) is 12.1 Å². The summed E-state index contributed by atoms with van der Waals surface area (Å²) in [5.41, 5.74) is 2.35. The Balaban J connectivity index is 1.46. The van der Waals surface area contributed by atoms with E-state index in [2.05, 4.69) is 22.3 Å². The molecule has 0 saturated carbocycles. The Hall–Kier alpha value is -2.91. The number of nitrogens with one attached hydrogen (secondary N) is 1. The molecule has 3 aromatic rings. The van der Waals surface area contributed by atoms with Gasteiger partial charge in [-0.15, -0.1) is 0 Å². The van der Waals surface area contributed by atoms with Crippen molar-refractivity contribution in [2.24, 2.45) is 0 Å². The van der Waals surface area contributed by atoms with E-state index < -0.39 is 22.5 Å². The second kappa shape index (κ2) is 11.7. The second-order valence-electron chi connectivity index (χ2n) is 8.26. The highest BCUT2D eigenvalue weighted by Gasteiger charge is 2.28. The molecular formula is C26H28ClN3O4S. The molecule has 35 heavy (non-hydrogen) atoms. The summed E-state index contributed by atoms with van der Waals surface area (Å²) in [6, 6.07) is 22.6. The van der Waals surface area contributed by atoms with Gasteiger partial charge in [0, 0.05) is 26.2 Å². The van der Waals surface area contributed by atoms with Crippen molar-refractivity contribution in [3.63, 3.8) is 0 Å². The van der Waals surface area contributed by atoms with Gasteiger partial charge in [-0.1, -0.05) is 66.2 Å². The van der Waals surface area contributed by atoms with Gasteiger partial charge in [0.25, 0.3) is 10.0 Å². The van der Waals surface area contributed by atoms with Gasteiger partial charge in [-0.2, -0.15) is 0 Å². The number of carbonyl (C=O) groups is 1. The van der Waals surface area contributed by atoms with E-state index in [4.69, 9.17) is 16.3 Å². The predicted octanol–water partition coefficient (Wildman–Crippen LogP) is 3.68. The molecule has 0 bridgehead atoms. The zero-order chi connectivity index (χ0) is 24.7. The number of anilines is 1. The fourth-order valence-corrected chi connectivity index (χ4v) is 5.66. The zero-order valence-electron chi connectivity index (χ0n) is 19.3. The molecule has 0 radical (unpaired) electrons. The molecule has 1 saturated heterocycles. The summed E-state index contributed by atoms with van der Waals surface area (Å²) in [5, 5.41) is 3.10. The van der Waals surface area contributed by atoms with E-state index >= 15 is 0 Å². The number of rotatable bonds is 9. The molecule has 184 valence electrons. The number of amides is 1. The smallest absolute Gasteiger partial charge is 0.264 e. The number of ether oxygens (including phenoxy) is 1. The standard InChI is InChI=1S/C26H28ClN3O4S/c27-24-11-4-5-12-25(24)30(35(32,33)23-9-2-1-3-10-23)20-26(31)28-18-21-7-6-8-22(17-21)19-29-13-15-34-16-14-29/h1-12,17H,13-16,18-20H2,(H,28,31). The molecule has 1 amide bonds. The van der Waals surface area contributed by atoms with Crippen molar-refractivity contribution >= 4 is 33.2 Å². The largest absolute Gasteiger partial charge is 0.379 e. The normalized spacial score (nSPS) is 14.4. The van der Waals surface area contributed by atoms with E-state index in [1.165, 1.54) is 12.1 Å². The van der Waals surface area contributed by atoms with Gasteiger partial charge in [0.15, 0.2) is 0 Å². The molecule has 3 aromatic carbocycles. The Bertz CT molecular complexity index is 1250. The maximum Gasteiger partial charge on any atom is 0.264 e. The number of sulfonamides is 1. The molecule has 4 rings (SSSR count). The highest BCUT2D eigenvalue weighted by molar-refractivity contribution is 7.92. The van der Waals surface area contributed by atoms with Crippen LogP contribution in [0, 0.1) is 0 Å². The first-order valence-corrected chi connectivity index (χ1v) is 13.2. The fourth-order valence-electron chi connectivity index (χ4n) is 3.92. The average Bonchev–Trinajstić information content (AvgIpc) is 2.88. The zero-order valence-corrected chi connectivity index (χ0v) is 20.8. The molecule has 0 atom stereocenters. The SMILES string of the molecule is O=C(CN(c1ccccc1Cl)S(=O)(=O)c1ccccc1)NCc1cccc(CN2CCOCC2)c1. The first-order chi connectivity index (χ1) is 16.9. The molecule has 1 aliphatic heterocycles. The van der Waals surface area contributed by atoms with Crippen LogP contribution in [0.4, 0.5) is 5.69 Å². The third-order valence-corrected chi connectivity index (χ3v) is 7.82. The van der Waals surface area contributed by atoms with Crippen molar-refractivity contribution in [2.75, 3.05) is 37.2 Å². The topological polar surface area (TPSA) is 79.0 Å². The van der Waals surface area contributed by atoms with Crippen LogP contribution in [-0.4, -0.2) is 52.1 Å². The molecule has 0 aromatic heterocycles. The first-order valence-electron chi connectivity index (χ1n) is 11.4. The van der Waals surface area contributed by atoms with Crippen LogP contribution in [0.2, 0.25) is 5.02 Å². The predicted molar refractivity (Wildman–Crippen MR) is 137 cm³/mol. The number of benzene rings is 3. The van der Waals surface area contributed by atoms with Crippen LogP contribution in [0.3, 0.4) is 0 Å². The van der Waals surface area contributed by atoms with Gasteiger partial charge in [-0.25, -0.2) is 8.42 Å². The second-order valence-corrected chi connectivity index (χ2v) is 10.5. The molecule has 1 fully saturated rings. The van der Waals surface area contributed by atoms with Crippen LogP contribution >= 0.6 is 11.6 Å².